The van der Waals surface area contributed by atoms with Crippen LogP contribution in [-0.4, -0.2) is 34.6 Å². The molecule has 0 spiro atoms. The zero-order chi connectivity index (χ0) is 7.72. The topological polar surface area (TPSA) is 49.7 Å². The van der Waals surface area contributed by atoms with Gasteiger partial charge in [-0.15, -0.1) is 0 Å². The van der Waals surface area contributed by atoms with E-state index in [1.54, 1.807) is 6.92 Å². The van der Waals surface area contributed by atoms with E-state index in [0.717, 1.165) is 6.42 Å². The van der Waals surface area contributed by atoms with Crippen molar-refractivity contribution in [3.63, 3.8) is 0 Å². The number of ether oxygens (including phenoxy) is 1. The van der Waals surface area contributed by atoms with Crippen LogP contribution >= 0.6 is 0 Å². The van der Waals surface area contributed by atoms with Crippen molar-refractivity contribution in [1.29, 1.82) is 0 Å². The first-order valence-electron chi connectivity index (χ1n) is 3.68. The molecule has 4 atom stereocenters. The van der Waals surface area contributed by atoms with Crippen molar-refractivity contribution in [2.75, 3.05) is 0 Å². The second kappa shape index (κ2) is 2.86. The first-order valence-corrected chi connectivity index (χ1v) is 3.68. The van der Waals surface area contributed by atoms with E-state index in [9.17, 15) is 10.2 Å². The van der Waals surface area contributed by atoms with Gasteiger partial charge in [0.05, 0.1) is 12.2 Å². The van der Waals surface area contributed by atoms with Gasteiger partial charge in [-0.05, 0) is 13.3 Å². The van der Waals surface area contributed by atoms with Crippen molar-refractivity contribution in [2.45, 2.75) is 44.7 Å². The Morgan fingerprint density at radius 2 is 1.90 bits per heavy atom. The van der Waals surface area contributed by atoms with Crippen LogP contribution in [-0.2, 0) is 4.74 Å². The highest BCUT2D eigenvalue weighted by molar-refractivity contribution is 4.87. The Balaban J connectivity index is 2.53. The van der Waals surface area contributed by atoms with Gasteiger partial charge in [0.1, 0.15) is 12.2 Å². The molecule has 0 amide bonds. The maximum Gasteiger partial charge on any atom is 0.108 e. The van der Waals surface area contributed by atoms with Crippen LogP contribution in [0.15, 0.2) is 0 Å². The summed E-state index contributed by atoms with van der Waals surface area (Å²) in [5, 5.41) is 18.4. The molecule has 0 radical (unpaired) electrons. The summed E-state index contributed by atoms with van der Waals surface area (Å²) >= 11 is 0. The molecule has 60 valence electrons. The van der Waals surface area contributed by atoms with Crippen LogP contribution < -0.4 is 0 Å². The van der Waals surface area contributed by atoms with E-state index in [1.165, 1.54) is 0 Å². The lowest BCUT2D eigenvalue weighted by atomic mass is 10.1. The Morgan fingerprint density at radius 1 is 1.30 bits per heavy atom. The van der Waals surface area contributed by atoms with Crippen molar-refractivity contribution in [3.8, 4) is 0 Å². The fraction of sp³-hybridized carbons (Fsp3) is 1.00. The van der Waals surface area contributed by atoms with Crippen LogP contribution in [0.4, 0.5) is 0 Å². The first kappa shape index (κ1) is 7.98. The molecule has 0 unspecified atom stereocenters. The zero-order valence-electron chi connectivity index (χ0n) is 6.32. The summed E-state index contributed by atoms with van der Waals surface area (Å²) in [4.78, 5) is 0. The fourth-order valence-corrected chi connectivity index (χ4v) is 1.27. The Kier molecular flexibility index (Phi) is 2.28. The van der Waals surface area contributed by atoms with Crippen LogP contribution in [0, 0.1) is 0 Å². The summed E-state index contributed by atoms with van der Waals surface area (Å²) in [6.45, 7) is 3.70. The summed E-state index contributed by atoms with van der Waals surface area (Å²) < 4.78 is 5.23. The second-order valence-corrected chi connectivity index (χ2v) is 2.77. The Morgan fingerprint density at radius 3 is 2.10 bits per heavy atom. The quantitative estimate of drug-likeness (QED) is 0.543. The van der Waals surface area contributed by atoms with Gasteiger partial charge in [0.15, 0.2) is 0 Å². The average molecular weight is 146 g/mol. The van der Waals surface area contributed by atoms with Crippen LogP contribution in [0.1, 0.15) is 20.3 Å². The third-order valence-corrected chi connectivity index (χ3v) is 2.00. The average Bonchev–Trinajstić information content (AvgIpc) is 2.17. The molecule has 0 aliphatic carbocycles. The van der Waals surface area contributed by atoms with Gasteiger partial charge in [0, 0.05) is 0 Å². The van der Waals surface area contributed by atoms with E-state index in [0.29, 0.717) is 0 Å². The van der Waals surface area contributed by atoms with Gasteiger partial charge in [-0.3, -0.25) is 0 Å². The van der Waals surface area contributed by atoms with Crippen LogP contribution in [0.5, 0.6) is 0 Å². The zero-order valence-corrected chi connectivity index (χ0v) is 6.32. The minimum atomic E-state index is -0.704. The van der Waals surface area contributed by atoms with Crippen molar-refractivity contribution >= 4 is 0 Å². The largest absolute Gasteiger partial charge is 0.388 e. The molecule has 3 nitrogen and oxygen atoms in total. The number of hydrogen-bond donors (Lipinski definition) is 2. The molecule has 0 bridgehead atoms. The van der Waals surface area contributed by atoms with Gasteiger partial charge in [-0.25, -0.2) is 0 Å². The molecule has 0 saturated carbocycles. The van der Waals surface area contributed by atoms with Crippen molar-refractivity contribution in [3.05, 3.63) is 0 Å². The van der Waals surface area contributed by atoms with Crippen LogP contribution in [0.25, 0.3) is 0 Å². The van der Waals surface area contributed by atoms with Crippen molar-refractivity contribution < 1.29 is 14.9 Å². The van der Waals surface area contributed by atoms with Gasteiger partial charge < -0.3 is 14.9 Å². The lowest BCUT2D eigenvalue weighted by molar-refractivity contribution is 0.0144. The highest BCUT2D eigenvalue weighted by atomic mass is 16.5. The maximum absolute atomic E-state index is 9.25. The molecule has 1 aliphatic heterocycles. The van der Waals surface area contributed by atoms with Crippen molar-refractivity contribution in [1.82, 2.24) is 0 Å². The SMILES string of the molecule is CC[C@@H]1O[C@H](C)[C@@H](O)[C@@H]1O. The smallest absolute Gasteiger partial charge is 0.108 e. The van der Waals surface area contributed by atoms with Gasteiger partial charge in [0.2, 0.25) is 0 Å². The summed E-state index contributed by atoms with van der Waals surface area (Å²) in [7, 11) is 0. The molecule has 0 aromatic heterocycles. The van der Waals surface area contributed by atoms with E-state index in [-0.39, 0.29) is 12.2 Å². The fourth-order valence-electron chi connectivity index (χ4n) is 1.27. The third-order valence-electron chi connectivity index (χ3n) is 2.00. The Bertz CT molecular complexity index is 115. The molecule has 10 heavy (non-hydrogen) atoms. The third kappa shape index (κ3) is 1.17. The highest BCUT2D eigenvalue weighted by Crippen LogP contribution is 2.22. The normalized spacial score (nSPS) is 48.0. The summed E-state index contributed by atoms with van der Waals surface area (Å²) in [5.41, 5.74) is 0. The van der Waals surface area contributed by atoms with E-state index < -0.39 is 12.2 Å². The molecule has 3 heteroatoms. The Hall–Kier alpha value is -0.120. The van der Waals surface area contributed by atoms with E-state index in [2.05, 4.69) is 0 Å². The molecule has 0 aromatic carbocycles. The molecular formula is C7H14O3. The molecule has 2 N–H and O–H groups in total. The molecule has 1 saturated heterocycles. The van der Waals surface area contributed by atoms with Gasteiger partial charge >= 0.3 is 0 Å². The van der Waals surface area contributed by atoms with E-state index in [4.69, 9.17) is 4.74 Å². The summed E-state index contributed by atoms with van der Waals surface area (Å²) in [6.07, 6.45) is -1.04. The van der Waals surface area contributed by atoms with Gasteiger partial charge in [0.25, 0.3) is 0 Å². The molecule has 0 aromatic rings. The lowest BCUT2D eigenvalue weighted by Gasteiger charge is -2.10. The van der Waals surface area contributed by atoms with Crippen LogP contribution in [0.2, 0.25) is 0 Å². The van der Waals surface area contributed by atoms with E-state index in [1.807, 2.05) is 6.92 Å². The molecule has 1 rings (SSSR count). The minimum Gasteiger partial charge on any atom is -0.388 e. The van der Waals surface area contributed by atoms with Crippen molar-refractivity contribution in [2.24, 2.45) is 0 Å². The Labute approximate surface area is 60.6 Å². The number of hydrogen-bond acceptors (Lipinski definition) is 3. The minimum absolute atomic E-state index is 0.176. The first-order chi connectivity index (χ1) is 4.66. The molecule has 1 fully saturated rings. The second-order valence-electron chi connectivity index (χ2n) is 2.77. The van der Waals surface area contributed by atoms with Gasteiger partial charge in [-0.2, -0.15) is 0 Å². The number of aliphatic hydroxyl groups is 2. The molecule has 1 heterocycles. The number of aliphatic hydroxyl groups excluding tert-OH is 2. The number of rotatable bonds is 1. The van der Waals surface area contributed by atoms with E-state index >= 15 is 0 Å². The molecule has 1 aliphatic rings. The van der Waals surface area contributed by atoms with Crippen LogP contribution in [0.3, 0.4) is 0 Å². The summed E-state index contributed by atoms with van der Waals surface area (Å²) in [6, 6.07) is 0. The highest BCUT2D eigenvalue weighted by Gasteiger charge is 2.38. The maximum atomic E-state index is 9.25. The lowest BCUT2D eigenvalue weighted by Crippen LogP contribution is -2.31. The molecular weight excluding hydrogens is 132 g/mol. The predicted octanol–water partition coefficient (Wildman–Crippen LogP) is -0.0945. The monoisotopic (exact) mass is 146 g/mol. The predicted molar refractivity (Wildman–Crippen MR) is 36.6 cm³/mol. The standard InChI is InChI=1S/C7H14O3/c1-3-5-7(9)6(8)4(2)10-5/h4-9H,3H2,1-2H3/t4-,5+,6-,7-/m1/s1. The van der Waals surface area contributed by atoms with Gasteiger partial charge in [-0.1, -0.05) is 6.92 Å². The summed E-state index contributed by atoms with van der Waals surface area (Å²) in [5.74, 6) is 0.